The van der Waals surface area contributed by atoms with Crippen LogP contribution in [0.4, 0.5) is 0 Å². The molecule has 4 heteroatoms. The smallest absolute Gasteiger partial charge is 0.264 e. The monoisotopic (exact) mass is 161 g/mol. The highest BCUT2D eigenvalue weighted by Gasteiger charge is 2.05. The van der Waals surface area contributed by atoms with Crippen molar-refractivity contribution in [3.63, 3.8) is 0 Å². The van der Waals surface area contributed by atoms with Crippen molar-refractivity contribution in [3.05, 3.63) is 24.4 Å². The summed E-state index contributed by atoms with van der Waals surface area (Å²) in [7, 11) is 3.75. The fraction of sp³-hybridized carbons (Fsp3) is 0. The molecule has 48 valence electrons. The first-order chi connectivity index (χ1) is 4.30. The number of hydrogen-bond donors (Lipinski definition) is 0. The van der Waals surface area contributed by atoms with E-state index in [1.807, 2.05) is 0 Å². The fourth-order valence-corrected chi connectivity index (χ4v) is 1.05. The summed E-state index contributed by atoms with van der Waals surface area (Å²) in [5.41, 5.74) is 0. The van der Waals surface area contributed by atoms with Gasteiger partial charge in [-0.1, -0.05) is 6.07 Å². The van der Waals surface area contributed by atoms with Crippen molar-refractivity contribution in [2.24, 2.45) is 0 Å². The van der Waals surface area contributed by atoms with Gasteiger partial charge in [-0.25, -0.2) is 4.98 Å². The van der Waals surface area contributed by atoms with Gasteiger partial charge in [-0.15, -0.1) is 0 Å². The second-order valence-electron chi connectivity index (χ2n) is 1.39. The van der Waals surface area contributed by atoms with Crippen LogP contribution in [0.25, 0.3) is 0 Å². The molecule has 0 saturated heterocycles. The minimum Gasteiger partial charge on any atom is -0.593 e. The Labute approximate surface area is 60.6 Å². The van der Waals surface area contributed by atoms with Gasteiger partial charge in [-0.2, -0.15) is 0 Å². The van der Waals surface area contributed by atoms with Gasteiger partial charge in [-0.05, 0) is 6.07 Å². The van der Waals surface area contributed by atoms with E-state index in [2.05, 4.69) is 4.98 Å². The lowest BCUT2D eigenvalue weighted by Gasteiger charge is -1.94. The number of rotatable bonds is 1. The SMILES string of the molecule is [O-][S+](Cl)c1ccccn1. The summed E-state index contributed by atoms with van der Waals surface area (Å²) in [6.07, 6.45) is 1.55. The molecule has 2 nitrogen and oxygen atoms in total. The molecule has 1 aromatic rings. The quantitative estimate of drug-likeness (QED) is 0.583. The first kappa shape index (κ1) is 6.86. The van der Waals surface area contributed by atoms with E-state index in [1.54, 1.807) is 24.4 Å². The Morgan fingerprint density at radius 3 is 2.67 bits per heavy atom. The summed E-state index contributed by atoms with van der Waals surface area (Å²) in [4.78, 5) is 3.75. The van der Waals surface area contributed by atoms with Gasteiger partial charge < -0.3 is 4.55 Å². The number of aromatic nitrogens is 1. The fourth-order valence-electron chi connectivity index (χ4n) is 0.442. The Kier molecular flexibility index (Phi) is 2.33. The Morgan fingerprint density at radius 2 is 2.33 bits per heavy atom. The molecule has 1 aromatic heterocycles. The molecule has 1 atom stereocenters. The lowest BCUT2D eigenvalue weighted by molar-refractivity contribution is 0.605. The van der Waals surface area contributed by atoms with Crippen molar-refractivity contribution < 1.29 is 4.55 Å². The first-order valence-corrected chi connectivity index (χ1v) is 4.27. The molecule has 0 amide bonds. The summed E-state index contributed by atoms with van der Waals surface area (Å²) < 4.78 is 10.5. The normalized spacial score (nSPS) is 13.1. The highest BCUT2D eigenvalue weighted by atomic mass is 35.7. The van der Waals surface area contributed by atoms with Crippen LogP contribution in [0.2, 0.25) is 0 Å². The van der Waals surface area contributed by atoms with E-state index in [4.69, 9.17) is 10.7 Å². The summed E-state index contributed by atoms with van der Waals surface area (Å²) in [6.45, 7) is 0. The molecule has 0 radical (unpaired) electrons. The van der Waals surface area contributed by atoms with Crippen molar-refractivity contribution in [2.75, 3.05) is 0 Å². The number of pyridine rings is 1. The van der Waals surface area contributed by atoms with Crippen molar-refractivity contribution in [1.29, 1.82) is 0 Å². The van der Waals surface area contributed by atoms with Gasteiger partial charge in [0.15, 0.2) is 10.7 Å². The zero-order valence-corrected chi connectivity index (χ0v) is 6.02. The molecule has 1 heterocycles. The van der Waals surface area contributed by atoms with E-state index in [-0.39, 0.29) is 0 Å². The van der Waals surface area contributed by atoms with Crippen LogP contribution >= 0.6 is 10.7 Å². The molecular weight excluding hydrogens is 158 g/mol. The molecule has 0 aliphatic heterocycles. The summed E-state index contributed by atoms with van der Waals surface area (Å²) in [6, 6.07) is 5.10. The van der Waals surface area contributed by atoms with E-state index in [0.29, 0.717) is 5.03 Å². The van der Waals surface area contributed by atoms with E-state index in [0.717, 1.165) is 0 Å². The van der Waals surface area contributed by atoms with E-state index in [9.17, 15) is 4.55 Å². The maximum Gasteiger partial charge on any atom is 0.264 e. The summed E-state index contributed by atoms with van der Waals surface area (Å²) in [5, 5.41) is 0.402. The van der Waals surface area contributed by atoms with Gasteiger partial charge in [-0.3, -0.25) is 0 Å². The molecule has 0 spiro atoms. The molecule has 0 fully saturated rings. The summed E-state index contributed by atoms with van der Waals surface area (Å²) >= 11 is 0. The molecule has 0 saturated carbocycles. The maximum atomic E-state index is 10.5. The summed E-state index contributed by atoms with van der Waals surface area (Å²) in [5.74, 6) is 0. The van der Waals surface area contributed by atoms with Crippen LogP contribution < -0.4 is 0 Å². The first-order valence-electron chi connectivity index (χ1n) is 2.30. The highest BCUT2D eigenvalue weighted by molar-refractivity contribution is 8.13. The van der Waals surface area contributed by atoms with Crippen molar-refractivity contribution in [2.45, 2.75) is 5.03 Å². The Balaban J connectivity index is 2.85. The standard InChI is InChI=1S/C5H4ClNOS/c6-9(8)5-3-1-2-4-7-5/h1-4H. The zero-order chi connectivity index (χ0) is 6.69. The van der Waals surface area contributed by atoms with E-state index < -0.39 is 10.4 Å². The van der Waals surface area contributed by atoms with Crippen LogP contribution in [0.1, 0.15) is 0 Å². The zero-order valence-electron chi connectivity index (χ0n) is 4.45. The van der Waals surface area contributed by atoms with Crippen molar-refractivity contribution in [1.82, 2.24) is 4.98 Å². The minimum atomic E-state index is -1.47. The van der Waals surface area contributed by atoms with Crippen LogP contribution in [0.15, 0.2) is 29.4 Å². The number of halogens is 1. The lowest BCUT2D eigenvalue weighted by Crippen LogP contribution is -1.92. The molecule has 1 rings (SSSR count). The van der Waals surface area contributed by atoms with Gasteiger partial charge in [0.2, 0.25) is 0 Å². The third kappa shape index (κ3) is 1.86. The molecular formula is C5H4ClNOS. The average Bonchev–Trinajstić information content (AvgIpc) is 1.90. The number of nitrogens with zero attached hydrogens (tertiary/aromatic N) is 1. The van der Waals surface area contributed by atoms with Gasteiger partial charge in [0, 0.05) is 12.3 Å². The van der Waals surface area contributed by atoms with Crippen molar-refractivity contribution in [3.8, 4) is 0 Å². The minimum absolute atomic E-state index is 0.402. The Bertz CT molecular complexity index is 180. The molecule has 0 bridgehead atoms. The van der Waals surface area contributed by atoms with Crippen LogP contribution in [0.3, 0.4) is 0 Å². The van der Waals surface area contributed by atoms with E-state index in [1.165, 1.54) is 0 Å². The Morgan fingerprint density at radius 1 is 1.56 bits per heavy atom. The number of hydrogen-bond acceptors (Lipinski definition) is 2. The van der Waals surface area contributed by atoms with Crippen LogP contribution in [0.5, 0.6) is 0 Å². The van der Waals surface area contributed by atoms with E-state index >= 15 is 0 Å². The van der Waals surface area contributed by atoms with Crippen molar-refractivity contribution >= 4 is 21.1 Å². The second-order valence-corrected chi connectivity index (χ2v) is 3.10. The molecule has 0 N–H and O–H groups in total. The third-order valence-electron chi connectivity index (χ3n) is 0.802. The topological polar surface area (TPSA) is 36.0 Å². The second kappa shape index (κ2) is 3.06. The Hall–Kier alpha value is -0.250. The van der Waals surface area contributed by atoms with Crippen LogP contribution in [-0.2, 0) is 10.4 Å². The predicted octanol–water partition coefficient (Wildman–Crippen LogP) is 1.34. The van der Waals surface area contributed by atoms with Gasteiger partial charge in [0.1, 0.15) is 10.4 Å². The van der Waals surface area contributed by atoms with Gasteiger partial charge in [0.25, 0.3) is 5.03 Å². The molecule has 0 aliphatic rings. The van der Waals surface area contributed by atoms with Crippen LogP contribution in [-0.4, -0.2) is 9.54 Å². The van der Waals surface area contributed by atoms with Gasteiger partial charge >= 0.3 is 0 Å². The molecule has 9 heavy (non-hydrogen) atoms. The molecule has 1 unspecified atom stereocenters. The third-order valence-corrected chi connectivity index (χ3v) is 1.85. The lowest BCUT2D eigenvalue weighted by atomic mass is 10.5. The average molecular weight is 162 g/mol. The highest BCUT2D eigenvalue weighted by Crippen LogP contribution is 2.09. The molecule has 0 aliphatic carbocycles. The predicted molar refractivity (Wildman–Crippen MR) is 36.5 cm³/mol. The van der Waals surface area contributed by atoms with Crippen LogP contribution in [0, 0.1) is 0 Å². The largest absolute Gasteiger partial charge is 0.593 e. The molecule has 0 aromatic carbocycles. The maximum absolute atomic E-state index is 10.5. The van der Waals surface area contributed by atoms with Gasteiger partial charge in [0.05, 0.1) is 0 Å².